The van der Waals surface area contributed by atoms with Crippen LogP contribution in [-0.4, -0.2) is 31.9 Å². The molecule has 1 amide bonds. The molecule has 2 aromatic heterocycles. The maximum Gasteiger partial charge on any atom is 0.259 e. The second kappa shape index (κ2) is 8.50. The second-order valence-electron chi connectivity index (χ2n) is 7.84. The van der Waals surface area contributed by atoms with Crippen molar-refractivity contribution in [3.05, 3.63) is 70.8 Å². The van der Waals surface area contributed by atoms with Crippen molar-refractivity contribution in [2.24, 2.45) is 0 Å². The maximum absolute atomic E-state index is 12.8. The number of aliphatic hydroxyl groups excluding tert-OH is 1. The third-order valence-corrected chi connectivity index (χ3v) is 6.11. The number of aliphatic hydroxyl groups is 1. The minimum atomic E-state index is -0.682. The average Bonchev–Trinajstić information content (AvgIpc) is 3.17. The lowest BCUT2D eigenvalue weighted by Crippen LogP contribution is -2.33. The van der Waals surface area contributed by atoms with Crippen LogP contribution in [0.1, 0.15) is 47.4 Å². The molecule has 0 bridgehead atoms. The van der Waals surface area contributed by atoms with E-state index in [0.717, 1.165) is 5.69 Å². The quantitative estimate of drug-likeness (QED) is 0.639. The van der Waals surface area contributed by atoms with Crippen molar-refractivity contribution in [3.63, 3.8) is 0 Å². The van der Waals surface area contributed by atoms with Gasteiger partial charge in [0.1, 0.15) is 0 Å². The van der Waals surface area contributed by atoms with Crippen molar-refractivity contribution in [1.82, 2.24) is 14.8 Å². The molecule has 2 N–H and O–H groups in total. The van der Waals surface area contributed by atoms with Gasteiger partial charge in [0.2, 0.25) is 0 Å². The fourth-order valence-corrected chi connectivity index (χ4v) is 4.07. The lowest BCUT2D eigenvalue weighted by molar-refractivity contribution is 0.102. The summed E-state index contributed by atoms with van der Waals surface area (Å²) < 4.78 is 1.68. The Kier molecular flexibility index (Phi) is 5.77. The minimum absolute atomic E-state index is 0.289. The van der Waals surface area contributed by atoms with Gasteiger partial charge in [0.25, 0.3) is 5.91 Å². The van der Waals surface area contributed by atoms with E-state index in [2.05, 4.69) is 21.5 Å². The molecule has 0 unspecified atom stereocenters. The summed E-state index contributed by atoms with van der Waals surface area (Å²) in [6, 6.07) is 13.1. The number of hydrogen-bond acceptors (Lipinski definition) is 5. The Morgan fingerprint density at radius 2 is 1.94 bits per heavy atom. The topological polar surface area (TPSA) is 104 Å². The van der Waals surface area contributed by atoms with Crippen LogP contribution < -0.4 is 5.32 Å². The maximum atomic E-state index is 12.8. The molecule has 0 saturated heterocycles. The van der Waals surface area contributed by atoms with Gasteiger partial charge in [0.05, 0.1) is 58.3 Å². The van der Waals surface area contributed by atoms with E-state index in [1.807, 2.05) is 19.1 Å². The van der Waals surface area contributed by atoms with E-state index < -0.39 is 5.41 Å². The van der Waals surface area contributed by atoms with Gasteiger partial charge < -0.3 is 10.4 Å². The highest BCUT2D eigenvalue weighted by atomic mass is 35.5. The number of pyridine rings is 1. The molecular formula is C23H22ClN5O2. The molecule has 31 heavy (non-hydrogen) atoms. The highest BCUT2D eigenvalue weighted by Crippen LogP contribution is 2.38. The van der Waals surface area contributed by atoms with Crippen LogP contribution in [0.5, 0.6) is 0 Å². The molecule has 3 aromatic rings. The Morgan fingerprint density at radius 3 is 2.55 bits per heavy atom. The van der Waals surface area contributed by atoms with Gasteiger partial charge in [-0.2, -0.15) is 10.4 Å². The number of nitrogens with zero attached hydrogens (tertiary/aromatic N) is 4. The van der Waals surface area contributed by atoms with E-state index in [1.54, 1.807) is 35.1 Å². The van der Waals surface area contributed by atoms with E-state index in [4.69, 9.17) is 11.6 Å². The molecule has 0 atom stereocenters. The Bertz CT molecular complexity index is 1120. The molecule has 1 aliphatic carbocycles. The number of hydrogen-bond donors (Lipinski definition) is 2. The molecule has 0 radical (unpaired) electrons. The minimum Gasteiger partial charge on any atom is -0.393 e. The van der Waals surface area contributed by atoms with E-state index in [1.165, 1.54) is 6.20 Å². The summed E-state index contributed by atoms with van der Waals surface area (Å²) in [5.74, 6) is -0.289. The van der Waals surface area contributed by atoms with Crippen molar-refractivity contribution < 1.29 is 9.90 Å². The van der Waals surface area contributed by atoms with Crippen LogP contribution in [0.15, 0.2) is 48.8 Å². The summed E-state index contributed by atoms with van der Waals surface area (Å²) in [6.45, 7) is 1.83. The first-order valence-electron chi connectivity index (χ1n) is 10.1. The fraction of sp³-hybridized carbons (Fsp3) is 0.304. The van der Waals surface area contributed by atoms with E-state index >= 15 is 0 Å². The lowest BCUT2D eigenvalue weighted by atomic mass is 9.72. The average molecular weight is 436 g/mol. The zero-order valence-corrected chi connectivity index (χ0v) is 17.8. The number of rotatable bonds is 4. The monoisotopic (exact) mass is 435 g/mol. The fourth-order valence-electron chi connectivity index (χ4n) is 3.95. The van der Waals surface area contributed by atoms with Crippen LogP contribution in [0.3, 0.4) is 0 Å². The van der Waals surface area contributed by atoms with Gasteiger partial charge in [-0.1, -0.05) is 11.6 Å². The first kappa shape index (κ1) is 21.0. The highest BCUT2D eigenvalue weighted by molar-refractivity contribution is 6.30. The van der Waals surface area contributed by atoms with Gasteiger partial charge in [-0.05, 0) is 69.0 Å². The predicted octanol–water partition coefficient (Wildman–Crippen LogP) is 4.18. The van der Waals surface area contributed by atoms with Gasteiger partial charge in [-0.15, -0.1) is 0 Å². The zero-order valence-electron chi connectivity index (χ0n) is 17.0. The third kappa shape index (κ3) is 4.18. The summed E-state index contributed by atoms with van der Waals surface area (Å²) >= 11 is 5.94. The molecule has 158 valence electrons. The molecule has 1 aliphatic rings. The van der Waals surface area contributed by atoms with Gasteiger partial charge in [-0.3, -0.25) is 9.78 Å². The molecule has 1 fully saturated rings. The number of carbonyl (C=O) groups excluding carboxylic acids is 1. The lowest BCUT2D eigenvalue weighted by Gasteiger charge is -2.32. The third-order valence-electron chi connectivity index (χ3n) is 5.86. The van der Waals surface area contributed by atoms with E-state index in [0.29, 0.717) is 53.3 Å². The van der Waals surface area contributed by atoms with Crippen molar-refractivity contribution in [3.8, 4) is 11.8 Å². The zero-order chi connectivity index (χ0) is 22.0. The number of nitriles is 1. The summed E-state index contributed by atoms with van der Waals surface area (Å²) in [4.78, 5) is 17.2. The number of halogens is 1. The Hall–Kier alpha value is -3.21. The van der Waals surface area contributed by atoms with Crippen LogP contribution >= 0.6 is 11.6 Å². The molecule has 1 aromatic carbocycles. The first-order chi connectivity index (χ1) is 14.9. The smallest absolute Gasteiger partial charge is 0.259 e. The molecule has 1 saturated carbocycles. The number of nitrogens with one attached hydrogen (secondary N) is 1. The van der Waals surface area contributed by atoms with Crippen LogP contribution in [0, 0.1) is 18.3 Å². The van der Waals surface area contributed by atoms with Crippen molar-refractivity contribution in [2.75, 3.05) is 5.32 Å². The van der Waals surface area contributed by atoms with Crippen molar-refractivity contribution in [2.45, 2.75) is 44.1 Å². The standard InChI is InChI=1S/C23H22ClN5O2/c1-15-20(13-27-29(15)18-5-2-16(24)3-6-18)22(31)28-17-4-7-21(26-12-17)23(14-25)10-8-19(30)9-11-23/h2-7,12-13,19,30H,8-11H2,1H3,(H,28,31). The molecule has 8 heteroatoms. The Balaban J connectivity index is 1.49. The number of amides is 1. The molecule has 0 aliphatic heterocycles. The molecule has 2 heterocycles. The number of benzene rings is 1. The van der Waals surface area contributed by atoms with Crippen LogP contribution in [0.4, 0.5) is 5.69 Å². The molecule has 4 rings (SSSR count). The van der Waals surface area contributed by atoms with Crippen molar-refractivity contribution >= 4 is 23.2 Å². The van der Waals surface area contributed by atoms with Gasteiger partial charge in [-0.25, -0.2) is 4.68 Å². The van der Waals surface area contributed by atoms with Gasteiger partial charge in [0.15, 0.2) is 0 Å². The summed E-state index contributed by atoms with van der Waals surface area (Å²) in [6.07, 6.45) is 5.07. The SMILES string of the molecule is Cc1c(C(=O)Nc2ccc(C3(C#N)CCC(O)CC3)nc2)cnn1-c1ccc(Cl)cc1. The van der Waals surface area contributed by atoms with Crippen LogP contribution in [0.2, 0.25) is 5.02 Å². The second-order valence-corrected chi connectivity index (χ2v) is 8.28. The van der Waals surface area contributed by atoms with E-state index in [-0.39, 0.29) is 12.0 Å². The van der Waals surface area contributed by atoms with Crippen molar-refractivity contribution in [1.29, 1.82) is 5.26 Å². The first-order valence-corrected chi connectivity index (χ1v) is 10.5. The molecule has 0 spiro atoms. The van der Waals surface area contributed by atoms with Crippen LogP contribution in [-0.2, 0) is 5.41 Å². The highest BCUT2D eigenvalue weighted by Gasteiger charge is 2.37. The number of carbonyl (C=O) groups is 1. The predicted molar refractivity (Wildman–Crippen MR) is 117 cm³/mol. The van der Waals surface area contributed by atoms with E-state index in [9.17, 15) is 15.2 Å². The normalized spacial score (nSPS) is 20.8. The van der Waals surface area contributed by atoms with Gasteiger partial charge >= 0.3 is 0 Å². The molecular weight excluding hydrogens is 414 g/mol. The Labute approximate surface area is 185 Å². The van der Waals surface area contributed by atoms with Crippen LogP contribution in [0.25, 0.3) is 5.69 Å². The van der Waals surface area contributed by atoms with Gasteiger partial charge in [0, 0.05) is 5.02 Å². The molecule has 7 nitrogen and oxygen atoms in total. The number of aromatic nitrogens is 3. The number of anilines is 1. The largest absolute Gasteiger partial charge is 0.393 e. The summed E-state index contributed by atoms with van der Waals surface area (Å²) in [5, 5.41) is 27.3. The summed E-state index contributed by atoms with van der Waals surface area (Å²) in [5.41, 5.74) is 2.50. The summed E-state index contributed by atoms with van der Waals surface area (Å²) in [7, 11) is 0. The Morgan fingerprint density at radius 1 is 1.23 bits per heavy atom.